The van der Waals surface area contributed by atoms with E-state index in [4.69, 9.17) is 4.74 Å². The van der Waals surface area contributed by atoms with Crippen molar-refractivity contribution >= 4 is 5.95 Å². The van der Waals surface area contributed by atoms with E-state index in [1.165, 1.54) is 6.07 Å². The predicted octanol–water partition coefficient (Wildman–Crippen LogP) is 2.77. The van der Waals surface area contributed by atoms with Crippen molar-refractivity contribution in [2.24, 2.45) is 0 Å². The molecule has 0 fully saturated rings. The second-order valence-corrected chi connectivity index (χ2v) is 4.58. The molecule has 0 bridgehead atoms. The molecule has 0 saturated heterocycles. The van der Waals surface area contributed by atoms with Crippen LogP contribution in [0.3, 0.4) is 0 Å². The fraction of sp³-hybridized carbons (Fsp3) is 0.357. The van der Waals surface area contributed by atoms with Crippen LogP contribution in [-0.2, 0) is 4.74 Å². The zero-order chi connectivity index (χ0) is 13.8. The lowest BCUT2D eigenvalue weighted by Gasteiger charge is -2.15. The van der Waals surface area contributed by atoms with E-state index in [0.717, 1.165) is 5.56 Å². The summed E-state index contributed by atoms with van der Waals surface area (Å²) in [6.07, 6.45) is 3.38. The van der Waals surface area contributed by atoms with Gasteiger partial charge in [0.05, 0.1) is 12.3 Å². The van der Waals surface area contributed by atoms with Gasteiger partial charge < -0.3 is 10.1 Å². The number of halogens is 1. The summed E-state index contributed by atoms with van der Waals surface area (Å²) in [7, 11) is 1.64. The second-order valence-electron chi connectivity index (χ2n) is 4.58. The first-order valence-electron chi connectivity index (χ1n) is 6.17. The summed E-state index contributed by atoms with van der Waals surface area (Å²) >= 11 is 0. The number of aryl methyl sites for hydroxylation is 1. The van der Waals surface area contributed by atoms with Gasteiger partial charge in [0.1, 0.15) is 5.82 Å². The van der Waals surface area contributed by atoms with Crippen LogP contribution in [0.4, 0.5) is 10.3 Å². The normalized spacial score (nSPS) is 12.4. The Balaban J connectivity index is 2.31. The lowest BCUT2D eigenvalue weighted by atomic mass is 10.2. The van der Waals surface area contributed by atoms with Crippen molar-refractivity contribution in [2.45, 2.75) is 19.9 Å². The smallest absolute Gasteiger partial charge is 0.207 e. The quantitative estimate of drug-likeness (QED) is 0.901. The molecule has 1 N–H and O–H groups in total. The number of aromatic nitrogens is 2. The van der Waals surface area contributed by atoms with Crippen molar-refractivity contribution < 1.29 is 9.13 Å². The zero-order valence-corrected chi connectivity index (χ0v) is 11.4. The van der Waals surface area contributed by atoms with Gasteiger partial charge in [0.15, 0.2) is 0 Å². The molecule has 1 heterocycles. The van der Waals surface area contributed by atoms with Gasteiger partial charge in [0, 0.05) is 25.5 Å². The van der Waals surface area contributed by atoms with Gasteiger partial charge in [-0.15, -0.1) is 0 Å². The van der Waals surface area contributed by atoms with Gasteiger partial charge in [-0.1, -0.05) is 6.07 Å². The van der Waals surface area contributed by atoms with Crippen LogP contribution >= 0.6 is 0 Å². The summed E-state index contributed by atoms with van der Waals surface area (Å²) < 4.78 is 20.7. The van der Waals surface area contributed by atoms with Crippen molar-refractivity contribution in [3.05, 3.63) is 42.0 Å². The Morgan fingerprint density at radius 2 is 2.26 bits per heavy atom. The standard InChI is InChI=1S/C14H18FN3O/c1-10-4-5-12(15)13(8-10)18-7-6-16-14(18)17-11(2)9-19-3/h4-8,11H,9H2,1-3H3,(H,16,17). The Hall–Kier alpha value is -1.88. The van der Waals surface area contributed by atoms with Gasteiger partial charge in [-0.25, -0.2) is 9.37 Å². The molecular formula is C14H18FN3O. The summed E-state index contributed by atoms with van der Waals surface area (Å²) in [5, 5.41) is 3.20. The predicted molar refractivity (Wildman–Crippen MR) is 73.2 cm³/mol. The van der Waals surface area contributed by atoms with E-state index in [1.807, 2.05) is 13.8 Å². The van der Waals surface area contributed by atoms with E-state index in [-0.39, 0.29) is 11.9 Å². The average Bonchev–Trinajstić information content (AvgIpc) is 2.80. The van der Waals surface area contributed by atoms with Crippen molar-refractivity contribution in [2.75, 3.05) is 19.0 Å². The maximum absolute atomic E-state index is 13.9. The second kappa shape index (κ2) is 5.84. The van der Waals surface area contributed by atoms with Gasteiger partial charge in [-0.2, -0.15) is 0 Å². The number of rotatable bonds is 5. The topological polar surface area (TPSA) is 39.1 Å². The lowest BCUT2D eigenvalue weighted by Crippen LogP contribution is -2.23. The Kier molecular flexibility index (Phi) is 4.16. The first-order valence-corrected chi connectivity index (χ1v) is 6.17. The van der Waals surface area contributed by atoms with Crippen molar-refractivity contribution in [1.29, 1.82) is 0 Å². The van der Waals surface area contributed by atoms with Crippen LogP contribution in [0.5, 0.6) is 0 Å². The first-order chi connectivity index (χ1) is 9.11. The molecule has 1 unspecified atom stereocenters. The molecule has 0 radical (unpaired) electrons. The summed E-state index contributed by atoms with van der Waals surface area (Å²) in [5.41, 5.74) is 1.49. The molecule has 2 rings (SSSR count). The van der Waals surface area contributed by atoms with E-state index >= 15 is 0 Å². The third kappa shape index (κ3) is 3.12. The SMILES string of the molecule is COCC(C)Nc1nccn1-c1cc(C)ccc1F. The Bertz CT molecular complexity index is 553. The van der Waals surface area contributed by atoms with Gasteiger partial charge in [0.2, 0.25) is 5.95 Å². The molecule has 1 aromatic heterocycles. The summed E-state index contributed by atoms with van der Waals surface area (Å²) in [5.74, 6) is 0.333. The van der Waals surface area contributed by atoms with Gasteiger partial charge in [0.25, 0.3) is 0 Å². The molecule has 1 aromatic carbocycles. The monoisotopic (exact) mass is 263 g/mol. The van der Waals surface area contributed by atoms with E-state index in [0.29, 0.717) is 18.2 Å². The molecule has 0 aliphatic carbocycles. The molecule has 4 nitrogen and oxygen atoms in total. The Morgan fingerprint density at radius 1 is 1.47 bits per heavy atom. The fourth-order valence-electron chi connectivity index (χ4n) is 1.92. The van der Waals surface area contributed by atoms with Crippen LogP contribution < -0.4 is 5.32 Å². The van der Waals surface area contributed by atoms with Crippen LogP contribution in [0.2, 0.25) is 0 Å². The Labute approximate surface area is 112 Å². The van der Waals surface area contributed by atoms with Gasteiger partial charge in [-0.05, 0) is 31.5 Å². The summed E-state index contributed by atoms with van der Waals surface area (Å²) in [6.45, 7) is 4.47. The minimum atomic E-state index is -0.272. The van der Waals surface area contributed by atoms with Gasteiger partial charge in [-0.3, -0.25) is 4.57 Å². The maximum atomic E-state index is 13.9. The summed E-state index contributed by atoms with van der Waals surface area (Å²) in [4.78, 5) is 4.22. The number of nitrogens with one attached hydrogen (secondary N) is 1. The van der Waals surface area contributed by atoms with E-state index in [9.17, 15) is 4.39 Å². The number of hydrogen-bond acceptors (Lipinski definition) is 3. The molecule has 5 heteroatoms. The van der Waals surface area contributed by atoms with Crippen molar-refractivity contribution in [3.8, 4) is 5.69 Å². The minimum Gasteiger partial charge on any atom is -0.383 e. The number of anilines is 1. The number of nitrogens with zero attached hydrogens (tertiary/aromatic N) is 2. The van der Waals surface area contributed by atoms with Crippen LogP contribution in [0.25, 0.3) is 5.69 Å². The van der Waals surface area contributed by atoms with Crippen LogP contribution in [-0.4, -0.2) is 29.3 Å². The third-order valence-corrected chi connectivity index (χ3v) is 2.79. The molecule has 1 atom stereocenters. The number of hydrogen-bond donors (Lipinski definition) is 1. The molecule has 0 saturated carbocycles. The highest BCUT2D eigenvalue weighted by atomic mass is 19.1. The molecular weight excluding hydrogens is 245 g/mol. The molecule has 0 aliphatic heterocycles. The highest BCUT2D eigenvalue weighted by Crippen LogP contribution is 2.19. The number of methoxy groups -OCH3 is 1. The first kappa shape index (κ1) is 13.5. The maximum Gasteiger partial charge on any atom is 0.207 e. The largest absolute Gasteiger partial charge is 0.383 e. The van der Waals surface area contributed by atoms with Crippen molar-refractivity contribution in [1.82, 2.24) is 9.55 Å². The number of ether oxygens (including phenoxy) is 1. The van der Waals surface area contributed by atoms with Crippen LogP contribution in [0.1, 0.15) is 12.5 Å². The highest BCUT2D eigenvalue weighted by molar-refractivity contribution is 5.44. The molecule has 0 amide bonds. The summed E-state index contributed by atoms with van der Waals surface area (Å²) in [6, 6.07) is 5.10. The van der Waals surface area contributed by atoms with E-state index < -0.39 is 0 Å². The van der Waals surface area contributed by atoms with Crippen LogP contribution in [0, 0.1) is 12.7 Å². The van der Waals surface area contributed by atoms with Crippen molar-refractivity contribution in [3.63, 3.8) is 0 Å². The van der Waals surface area contributed by atoms with Crippen LogP contribution in [0.15, 0.2) is 30.6 Å². The molecule has 0 aliphatic rings. The van der Waals surface area contributed by atoms with E-state index in [1.54, 1.807) is 36.2 Å². The minimum absolute atomic E-state index is 0.0963. The number of imidazole rings is 1. The Morgan fingerprint density at radius 3 is 3.00 bits per heavy atom. The molecule has 102 valence electrons. The van der Waals surface area contributed by atoms with Gasteiger partial charge >= 0.3 is 0 Å². The molecule has 2 aromatic rings. The highest BCUT2D eigenvalue weighted by Gasteiger charge is 2.11. The van der Waals surface area contributed by atoms with E-state index in [2.05, 4.69) is 10.3 Å². The number of benzene rings is 1. The molecule has 19 heavy (non-hydrogen) atoms. The zero-order valence-electron chi connectivity index (χ0n) is 11.4. The fourth-order valence-corrected chi connectivity index (χ4v) is 1.92. The third-order valence-electron chi connectivity index (χ3n) is 2.79. The average molecular weight is 263 g/mol. The lowest BCUT2D eigenvalue weighted by molar-refractivity contribution is 0.190. The molecule has 0 spiro atoms.